The largest absolute Gasteiger partial charge is 0.192 e. The van der Waals surface area contributed by atoms with Crippen LogP contribution in [0.2, 0.25) is 0 Å². The molecule has 17 heavy (non-hydrogen) atoms. The Kier molecular flexibility index (Phi) is 3.51. The molecule has 0 bridgehead atoms. The lowest BCUT2D eigenvalue weighted by molar-refractivity contribution is 1.26. The molecule has 0 aromatic heterocycles. The van der Waals surface area contributed by atoms with Crippen molar-refractivity contribution in [3.63, 3.8) is 0 Å². The van der Waals surface area contributed by atoms with Gasteiger partial charge in [-0.25, -0.2) is 0 Å². The van der Waals surface area contributed by atoms with E-state index in [9.17, 15) is 0 Å². The van der Waals surface area contributed by atoms with Crippen molar-refractivity contribution in [1.29, 1.82) is 5.26 Å². The predicted molar refractivity (Wildman–Crippen MR) is 71.2 cm³/mol. The van der Waals surface area contributed by atoms with E-state index >= 15 is 0 Å². The van der Waals surface area contributed by atoms with E-state index in [1.54, 1.807) is 11.8 Å². The fourth-order valence-electron chi connectivity index (χ4n) is 1.64. The van der Waals surface area contributed by atoms with Crippen molar-refractivity contribution in [2.75, 3.05) is 0 Å². The average molecular weight is 239 g/mol. The van der Waals surface area contributed by atoms with Crippen molar-refractivity contribution in [1.82, 2.24) is 0 Å². The predicted octanol–water partition coefficient (Wildman–Crippen LogP) is 4.33. The third kappa shape index (κ3) is 2.89. The zero-order chi connectivity index (χ0) is 12.3. The molecule has 0 saturated heterocycles. The lowest BCUT2D eigenvalue weighted by atomic mass is 10.2. The fraction of sp³-hybridized carbons (Fsp3) is 0.133. The highest BCUT2D eigenvalue weighted by Gasteiger charge is 2.01. The summed E-state index contributed by atoms with van der Waals surface area (Å²) < 4.78 is 0. The molecule has 0 fully saturated rings. The van der Waals surface area contributed by atoms with Crippen LogP contribution in [-0.4, -0.2) is 0 Å². The number of hydrogen-bond donors (Lipinski definition) is 0. The summed E-state index contributed by atoms with van der Waals surface area (Å²) in [6, 6.07) is 16.3. The molecule has 1 nitrogen and oxygen atoms in total. The Morgan fingerprint density at radius 2 is 1.71 bits per heavy atom. The van der Waals surface area contributed by atoms with Crippen molar-refractivity contribution in [2.45, 2.75) is 23.6 Å². The second-order valence-electron chi connectivity index (χ2n) is 4.01. The van der Waals surface area contributed by atoms with E-state index in [0.29, 0.717) is 5.56 Å². The van der Waals surface area contributed by atoms with E-state index in [1.165, 1.54) is 16.0 Å². The minimum absolute atomic E-state index is 0.704. The standard InChI is InChI=1S/C15H13NS/c1-11-3-8-15(12(2)9-11)17-14-6-4-13(10-16)5-7-14/h3-9H,1-2H3. The van der Waals surface area contributed by atoms with Gasteiger partial charge in [-0.15, -0.1) is 0 Å². The van der Waals surface area contributed by atoms with Gasteiger partial charge in [-0.2, -0.15) is 5.26 Å². The smallest absolute Gasteiger partial charge is 0.0991 e. The van der Waals surface area contributed by atoms with E-state index < -0.39 is 0 Å². The van der Waals surface area contributed by atoms with Crippen LogP contribution in [0.4, 0.5) is 0 Å². The highest BCUT2D eigenvalue weighted by molar-refractivity contribution is 7.99. The lowest BCUT2D eigenvalue weighted by Crippen LogP contribution is -1.82. The maximum Gasteiger partial charge on any atom is 0.0991 e. The number of nitrogens with zero attached hydrogens (tertiary/aromatic N) is 1. The normalized spacial score (nSPS) is 9.94. The minimum Gasteiger partial charge on any atom is -0.192 e. The molecule has 0 amide bonds. The molecule has 0 radical (unpaired) electrons. The molecule has 2 aromatic rings. The average Bonchev–Trinajstić information content (AvgIpc) is 2.34. The van der Waals surface area contributed by atoms with Crippen molar-refractivity contribution in [3.05, 3.63) is 59.2 Å². The number of benzene rings is 2. The molecule has 2 aromatic carbocycles. The zero-order valence-corrected chi connectivity index (χ0v) is 10.7. The van der Waals surface area contributed by atoms with E-state index in [0.717, 1.165) is 4.90 Å². The molecule has 0 unspecified atom stereocenters. The van der Waals surface area contributed by atoms with Crippen molar-refractivity contribution < 1.29 is 0 Å². The second-order valence-corrected chi connectivity index (χ2v) is 5.12. The lowest BCUT2D eigenvalue weighted by Gasteiger charge is -2.06. The maximum absolute atomic E-state index is 8.74. The van der Waals surface area contributed by atoms with Gasteiger partial charge in [0.2, 0.25) is 0 Å². The van der Waals surface area contributed by atoms with Gasteiger partial charge in [-0.05, 0) is 49.7 Å². The second kappa shape index (κ2) is 5.07. The van der Waals surface area contributed by atoms with Crippen LogP contribution >= 0.6 is 11.8 Å². The molecular weight excluding hydrogens is 226 g/mol. The molecule has 0 aliphatic carbocycles. The minimum atomic E-state index is 0.704. The molecule has 0 atom stereocenters. The van der Waals surface area contributed by atoms with Gasteiger partial charge in [-0.3, -0.25) is 0 Å². The van der Waals surface area contributed by atoms with Gasteiger partial charge in [0.25, 0.3) is 0 Å². The van der Waals surface area contributed by atoms with Crippen LogP contribution in [0.25, 0.3) is 0 Å². The summed E-state index contributed by atoms with van der Waals surface area (Å²) in [5.41, 5.74) is 3.28. The van der Waals surface area contributed by atoms with Crippen molar-refractivity contribution >= 4 is 11.8 Å². The van der Waals surface area contributed by atoms with Crippen molar-refractivity contribution in [3.8, 4) is 6.07 Å². The van der Waals surface area contributed by atoms with Gasteiger partial charge in [0.15, 0.2) is 0 Å². The fourth-order valence-corrected chi connectivity index (χ4v) is 2.52. The molecule has 0 heterocycles. The highest BCUT2D eigenvalue weighted by atomic mass is 32.2. The van der Waals surface area contributed by atoms with Crippen LogP contribution in [0.1, 0.15) is 16.7 Å². The van der Waals surface area contributed by atoms with E-state index in [4.69, 9.17) is 5.26 Å². The summed E-state index contributed by atoms with van der Waals surface area (Å²) in [5.74, 6) is 0. The molecule has 2 heteroatoms. The van der Waals surface area contributed by atoms with E-state index in [2.05, 4.69) is 38.1 Å². The SMILES string of the molecule is Cc1ccc(Sc2ccc(C#N)cc2)c(C)c1. The summed E-state index contributed by atoms with van der Waals surface area (Å²) in [7, 11) is 0. The van der Waals surface area contributed by atoms with Crippen LogP contribution in [0, 0.1) is 25.2 Å². The van der Waals surface area contributed by atoms with Crippen LogP contribution in [0.3, 0.4) is 0 Å². The third-order valence-corrected chi connectivity index (χ3v) is 3.73. The Hall–Kier alpha value is -1.72. The maximum atomic E-state index is 8.74. The molecule has 2 rings (SSSR count). The molecule has 0 saturated carbocycles. The Labute approximate surface area is 106 Å². The van der Waals surface area contributed by atoms with Crippen molar-refractivity contribution in [2.24, 2.45) is 0 Å². The number of nitriles is 1. The number of hydrogen-bond acceptors (Lipinski definition) is 2. The van der Waals surface area contributed by atoms with Crippen LogP contribution < -0.4 is 0 Å². The van der Waals surface area contributed by atoms with Crippen LogP contribution in [0.5, 0.6) is 0 Å². The summed E-state index contributed by atoms with van der Waals surface area (Å²) in [4.78, 5) is 2.43. The van der Waals surface area contributed by atoms with E-state index in [1.807, 2.05) is 24.3 Å². The first kappa shape index (κ1) is 11.8. The molecule has 0 aliphatic rings. The number of rotatable bonds is 2. The van der Waals surface area contributed by atoms with Gasteiger partial charge in [0.1, 0.15) is 0 Å². The highest BCUT2D eigenvalue weighted by Crippen LogP contribution is 2.30. The third-order valence-electron chi connectivity index (χ3n) is 2.54. The van der Waals surface area contributed by atoms with Gasteiger partial charge < -0.3 is 0 Å². The molecule has 0 aliphatic heterocycles. The van der Waals surface area contributed by atoms with Crippen LogP contribution in [0.15, 0.2) is 52.3 Å². The molecule has 0 N–H and O–H groups in total. The van der Waals surface area contributed by atoms with E-state index in [-0.39, 0.29) is 0 Å². The van der Waals surface area contributed by atoms with Crippen LogP contribution in [-0.2, 0) is 0 Å². The van der Waals surface area contributed by atoms with Gasteiger partial charge in [0, 0.05) is 9.79 Å². The molecular formula is C15H13NS. The summed E-state index contributed by atoms with van der Waals surface area (Å²) in [5, 5.41) is 8.74. The summed E-state index contributed by atoms with van der Waals surface area (Å²) >= 11 is 1.73. The first-order valence-electron chi connectivity index (χ1n) is 5.44. The monoisotopic (exact) mass is 239 g/mol. The molecule has 0 spiro atoms. The summed E-state index contributed by atoms with van der Waals surface area (Å²) in [6.45, 7) is 4.22. The Bertz CT molecular complexity index is 564. The van der Waals surface area contributed by atoms with Gasteiger partial charge in [0.05, 0.1) is 11.6 Å². The van der Waals surface area contributed by atoms with Gasteiger partial charge >= 0.3 is 0 Å². The van der Waals surface area contributed by atoms with Gasteiger partial charge in [-0.1, -0.05) is 29.5 Å². The zero-order valence-electron chi connectivity index (χ0n) is 9.90. The number of aryl methyl sites for hydroxylation is 2. The molecule has 84 valence electrons. The quantitative estimate of drug-likeness (QED) is 0.779. The Balaban J connectivity index is 2.23. The first-order valence-corrected chi connectivity index (χ1v) is 6.26. The first-order chi connectivity index (χ1) is 8.19. The Morgan fingerprint density at radius 3 is 2.29 bits per heavy atom. The topological polar surface area (TPSA) is 23.8 Å². The Morgan fingerprint density at radius 1 is 1.00 bits per heavy atom. The summed E-state index contributed by atoms with van der Waals surface area (Å²) in [6.07, 6.45) is 0.